The number of carbonyl (C=O) groups excluding carboxylic acids is 2. The van der Waals surface area contributed by atoms with Crippen LogP contribution in [0.3, 0.4) is 0 Å². The van der Waals surface area contributed by atoms with Gasteiger partial charge in [-0.25, -0.2) is 4.39 Å². The van der Waals surface area contributed by atoms with Gasteiger partial charge >= 0.3 is 0 Å². The van der Waals surface area contributed by atoms with Crippen molar-refractivity contribution in [1.82, 2.24) is 0 Å². The fourth-order valence-corrected chi connectivity index (χ4v) is 3.15. The molecule has 136 valence electrons. The van der Waals surface area contributed by atoms with Crippen molar-refractivity contribution in [1.29, 1.82) is 0 Å². The number of carbonyl (C=O) groups is 2. The minimum Gasteiger partial charge on any atom is -0.376 e. The molecule has 2 aromatic rings. The van der Waals surface area contributed by atoms with Crippen LogP contribution in [0.1, 0.15) is 18.4 Å². The predicted molar refractivity (Wildman–Crippen MR) is 101 cm³/mol. The normalized spacial score (nSPS) is 13.8. The molecule has 0 saturated carbocycles. The van der Waals surface area contributed by atoms with Gasteiger partial charge in [0.2, 0.25) is 11.8 Å². The summed E-state index contributed by atoms with van der Waals surface area (Å²) in [5.74, 6) is -0.832. The van der Waals surface area contributed by atoms with Gasteiger partial charge in [0, 0.05) is 29.4 Å². The minimum atomic E-state index is -0.548. The van der Waals surface area contributed by atoms with E-state index in [1.54, 1.807) is 4.90 Å². The Bertz CT molecular complexity index is 857. The Balaban J connectivity index is 1.67. The van der Waals surface area contributed by atoms with Gasteiger partial charge < -0.3 is 15.5 Å². The molecule has 1 heterocycles. The third-order valence-corrected chi connectivity index (χ3v) is 4.55. The van der Waals surface area contributed by atoms with Crippen LogP contribution < -0.4 is 15.5 Å². The summed E-state index contributed by atoms with van der Waals surface area (Å²) in [7, 11) is 0. The Kier molecular flexibility index (Phi) is 5.42. The molecule has 0 unspecified atom stereocenters. The molecule has 1 aliphatic rings. The number of hydrogen-bond donors (Lipinski definition) is 2. The second-order valence-corrected chi connectivity index (χ2v) is 6.56. The molecular weight excluding hydrogens is 357 g/mol. The third kappa shape index (κ3) is 3.96. The van der Waals surface area contributed by atoms with Crippen molar-refractivity contribution in [2.45, 2.75) is 19.8 Å². The number of nitrogens with one attached hydrogen (secondary N) is 2. The summed E-state index contributed by atoms with van der Waals surface area (Å²) < 4.78 is 13.7. The van der Waals surface area contributed by atoms with Crippen molar-refractivity contribution in [2.75, 3.05) is 28.6 Å². The maximum atomic E-state index is 13.7. The summed E-state index contributed by atoms with van der Waals surface area (Å²) in [5.41, 5.74) is 2.53. The third-order valence-electron chi connectivity index (χ3n) is 4.31. The minimum absolute atomic E-state index is 0.0375. The van der Waals surface area contributed by atoms with Gasteiger partial charge in [0.05, 0.1) is 12.2 Å². The summed E-state index contributed by atoms with van der Waals surface area (Å²) in [4.78, 5) is 25.8. The first kappa shape index (κ1) is 18.2. The molecule has 0 spiro atoms. The van der Waals surface area contributed by atoms with Crippen molar-refractivity contribution in [3.8, 4) is 0 Å². The van der Waals surface area contributed by atoms with E-state index in [4.69, 9.17) is 11.6 Å². The van der Waals surface area contributed by atoms with Crippen LogP contribution in [0.15, 0.2) is 36.4 Å². The van der Waals surface area contributed by atoms with Gasteiger partial charge in [0.15, 0.2) is 0 Å². The second-order valence-electron chi connectivity index (χ2n) is 6.12. The predicted octanol–water partition coefficient (Wildman–Crippen LogP) is 3.96. The van der Waals surface area contributed by atoms with Crippen LogP contribution in [0, 0.1) is 12.7 Å². The molecule has 26 heavy (non-hydrogen) atoms. The molecule has 0 radical (unpaired) electrons. The summed E-state index contributed by atoms with van der Waals surface area (Å²) in [6.07, 6.45) is 1.41. The highest BCUT2D eigenvalue weighted by Gasteiger charge is 2.23. The van der Waals surface area contributed by atoms with Gasteiger partial charge in [0.25, 0.3) is 0 Å². The quantitative estimate of drug-likeness (QED) is 0.831. The van der Waals surface area contributed by atoms with E-state index in [0.717, 1.165) is 23.4 Å². The van der Waals surface area contributed by atoms with E-state index in [9.17, 15) is 14.0 Å². The van der Waals surface area contributed by atoms with Crippen molar-refractivity contribution in [3.63, 3.8) is 0 Å². The average molecular weight is 376 g/mol. The van der Waals surface area contributed by atoms with Crippen LogP contribution in [0.5, 0.6) is 0 Å². The molecule has 1 fully saturated rings. The van der Waals surface area contributed by atoms with Crippen molar-refractivity contribution in [3.05, 3.63) is 52.8 Å². The highest BCUT2D eigenvalue weighted by atomic mass is 35.5. The zero-order chi connectivity index (χ0) is 18.7. The highest BCUT2D eigenvalue weighted by molar-refractivity contribution is 6.30. The summed E-state index contributed by atoms with van der Waals surface area (Å²) >= 11 is 5.82. The molecule has 2 aromatic carbocycles. The first-order valence-corrected chi connectivity index (χ1v) is 8.72. The number of hydrogen-bond acceptors (Lipinski definition) is 3. The summed E-state index contributed by atoms with van der Waals surface area (Å²) in [5, 5.41) is 5.87. The zero-order valence-corrected chi connectivity index (χ0v) is 15.1. The monoisotopic (exact) mass is 375 g/mol. The van der Waals surface area contributed by atoms with E-state index < -0.39 is 11.7 Å². The van der Waals surface area contributed by atoms with E-state index in [1.165, 1.54) is 18.2 Å². The molecule has 0 bridgehead atoms. The van der Waals surface area contributed by atoms with E-state index in [2.05, 4.69) is 10.6 Å². The zero-order valence-electron chi connectivity index (χ0n) is 14.3. The first-order valence-electron chi connectivity index (χ1n) is 8.34. The van der Waals surface area contributed by atoms with Crippen LogP contribution in [0.2, 0.25) is 5.02 Å². The molecule has 0 aliphatic carbocycles. The van der Waals surface area contributed by atoms with E-state index >= 15 is 0 Å². The Hall–Kier alpha value is -2.60. The lowest BCUT2D eigenvalue weighted by Gasteiger charge is -2.20. The molecule has 3 rings (SSSR count). The molecule has 2 amide bonds. The maximum Gasteiger partial charge on any atom is 0.243 e. The fourth-order valence-electron chi connectivity index (χ4n) is 2.97. The van der Waals surface area contributed by atoms with E-state index in [1.807, 2.05) is 25.1 Å². The smallest absolute Gasteiger partial charge is 0.243 e. The number of amides is 2. The number of halogens is 2. The molecule has 7 heteroatoms. The summed E-state index contributed by atoms with van der Waals surface area (Å²) in [6, 6.07) is 9.55. The van der Waals surface area contributed by atoms with E-state index in [0.29, 0.717) is 18.0 Å². The van der Waals surface area contributed by atoms with Crippen LogP contribution in [0.4, 0.5) is 21.5 Å². The summed E-state index contributed by atoms with van der Waals surface area (Å²) in [6.45, 7) is 2.57. The van der Waals surface area contributed by atoms with Gasteiger partial charge in [0.1, 0.15) is 5.82 Å². The number of nitrogens with zero attached hydrogens (tertiary/aromatic N) is 1. The highest BCUT2D eigenvalue weighted by Crippen LogP contribution is 2.29. The van der Waals surface area contributed by atoms with Gasteiger partial charge in [-0.1, -0.05) is 17.7 Å². The topological polar surface area (TPSA) is 61.4 Å². The van der Waals surface area contributed by atoms with Crippen LogP contribution in [-0.2, 0) is 9.59 Å². The van der Waals surface area contributed by atoms with Crippen molar-refractivity contribution >= 4 is 40.5 Å². The first-order chi connectivity index (χ1) is 12.5. The van der Waals surface area contributed by atoms with Crippen molar-refractivity contribution in [2.24, 2.45) is 0 Å². The fraction of sp³-hybridized carbons (Fsp3) is 0.263. The van der Waals surface area contributed by atoms with E-state index in [-0.39, 0.29) is 18.1 Å². The van der Waals surface area contributed by atoms with Crippen molar-refractivity contribution < 1.29 is 14.0 Å². The SMILES string of the molecule is Cc1c(NCC(=O)Nc2cc(Cl)ccc2F)cccc1N1CCCC1=O. The van der Waals surface area contributed by atoms with Gasteiger partial charge in [-0.3, -0.25) is 9.59 Å². The number of anilines is 3. The molecule has 0 atom stereocenters. The van der Waals surface area contributed by atoms with Crippen LogP contribution in [0.25, 0.3) is 0 Å². The Labute approximate surface area is 156 Å². The second kappa shape index (κ2) is 7.74. The lowest BCUT2D eigenvalue weighted by atomic mass is 10.1. The molecule has 1 aliphatic heterocycles. The Morgan fingerprint density at radius 2 is 2.08 bits per heavy atom. The number of benzene rings is 2. The Morgan fingerprint density at radius 3 is 2.81 bits per heavy atom. The molecule has 2 N–H and O–H groups in total. The van der Waals surface area contributed by atoms with Crippen LogP contribution >= 0.6 is 11.6 Å². The standard InChI is InChI=1S/C19H19ClFN3O2/c1-12-15(4-2-5-17(12)24-9-3-6-19(24)26)22-11-18(25)23-16-10-13(20)7-8-14(16)21/h2,4-5,7-8,10,22H,3,6,9,11H2,1H3,(H,23,25). The average Bonchev–Trinajstić information content (AvgIpc) is 3.03. The number of rotatable bonds is 5. The van der Waals surface area contributed by atoms with Gasteiger partial charge in [-0.15, -0.1) is 0 Å². The van der Waals surface area contributed by atoms with Gasteiger partial charge in [-0.05, 0) is 49.2 Å². The largest absolute Gasteiger partial charge is 0.376 e. The molecule has 5 nitrogen and oxygen atoms in total. The Morgan fingerprint density at radius 1 is 1.27 bits per heavy atom. The van der Waals surface area contributed by atoms with Gasteiger partial charge in [-0.2, -0.15) is 0 Å². The molecule has 0 aromatic heterocycles. The molecular formula is C19H19ClFN3O2. The van der Waals surface area contributed by atoms with Crippen LogP contribution in [-0.4, -0.2) is 24.9 Å². The maximum absolute atomic E-state index is 13.7. The molecule has 1 saturated heterocycles. The lowest BCUT2D eigenvalue weighted by Crippen LogP contribution is -2.25. The lowest BCUT2D eigenvalue weighted by molar-refractivity contribution is -0.117.